The molecule has 0 saturated carbocycles. The van der Waals surface area contributed by atoms with E-state index in [0.29, 0.717) is 37.9 Å². The van der Waals surface area contributed by atoms with Crippen LogP contribution in [0, 0.1) is 0 Å². The number of ether oxygens (including phenoxy) is 2. The van der Waals surface area contributed by atoms with Gasteiger partial charge in [0.25, 0.3) is 0 Å². The maximum absolute atomic E-state index is 13.1. The van der Waals surface area contributed by atoms with E-state index in [-0.39, 0.29) is 11.9 Å². The van der Waals surface area contributed by atoms with Gasteiger partial charge >= 0.3 is 6.03 Å². The molecule has 162 valence electrons. The number of morpholine rings is 1. The normalized spacial score (nSPS) is 14.8. The Kier molecular flexibility index (Phi) is 6.63. The fourth-order valence-corrected chi connectivity index (χ4v) is 4.24. The lowest BCUT2D eigenvalue weighted by Gasteiger charge is -2.29. The number of carbonyl (C=O) groups is 2. The molecule has 1 fully saturated rings. The average Bonchev–Trinajstić information content (AvgIpc) is 3.21. The van der Waals surface area contributed by atoms with Crippen LogP contribution in [0.4, 0.5) is 9.93 Å². The number of thiazole rings is 1. The summed E-state index contributed by atoms with van der Waals surface area (Å²) in [5.41, 5.74) is 1.73. The monoisotopic (exact) mass is 440 g/mol. The molecule has 2 heterocycles. The molecule has 9 heteroatoms. The minimum atomic E-state index is -0.737. The van der Waals surface area contributed by atoms with Gasteiger partial charge in [-0.1, -0.05) is 41.7 Å². The summed E-state index contributed by atoms with van der Waals surface area (Å²) in [7, 11) is 1.61. The van der Waals surface area contributed by atoms with Crippen molar-refractivity contribution in [1.29, 1.82) is 0 Å². The van der Waals surface area contributed by atoms with E-state index in [4.69, 9.17) is 9.47 Å². The predicted molar refractivity (Wildman–Crippen MR) is 120 cm³/mol. The number of fused-ring (bicyclic) bond motifs is 1. The Morgan fingerprint density at radius 1 is 1.19 bits per heavy atom. The smallest absolute Gasteiger partial charge is 0.318 e. The Labute approximate surface area is 184 Å². The van der Waals surface area contributed by atoms with Crippen molar-refractivity contribution in [3.05, 3.63) is 54.1 Å². The molecule has 3 aromatic rings. The third kappa shape index (κ3) is 5.31. The van der Waals surface area contributed by atoms with E-state index < -0.39 is 6.04 Å². The molecular formula is C22H24N4O4S. The maximum atomic E-state index is 13.1. The first-order chi connectivity index (χ1) is 15.1. The van der Waals surface area contributed by atoms with Gasteiger partial charge in [-0.15, -0.1) is 0 Å². The molecule has 1 atom stereocenters. The van der Waals surface area contributed by atoms with Crippen LogP contribution in [-0.4, -0.2) is 61.3 Å². The molecular weight excluding hydrogens is 416 g/mol. The molecule has 0 radical (unpaired) electrons. The molecule has 4 rings (SSSR count). The predicted octanol–water partition coefficient (Wildman–Crippen LogP) is 2.90. The van der Waals surface area contributed by atoms with Crippen LogP contribution < -0.4 is 15.4 Å². The lowest BCUT2D eigenvalue weighted by Crippen LogP contribution is -2.53. The van der Waals surface area contributed by atoms with Crippen LogP contribution in [0.5, 0.6) is 5.75 Å². The lowest BCUT2D eigenvalue weighted by molar-refractivity contribution is -0.118. The molecule has 1 unspecified atom stereocenters. The van der Waals surface area contributed by atoms with Gasteiger partial charge in [-0.25, -0.2) is 9.78 Å². The number of nitrogens with zero attached hydrogens (tertiary/aromatic N) is 2. The van der Waals surface area contributed by atoms with Crippen LogP contribution in [-0.2, 0) is 16.0 Å². The van der Waals surface area contributed by atoms with E-state index in [9.17, 15) is 9.59 Å². The van der Waals surface area contributed by atoms with Crippen LogP contribution in [0.1, 0.15) is 5.56 Å². The quantitative estimate of drug-likeness (QED) is 0.615. The number of aromatic nitrogens is 1. The number of methoxy groups -OCH3 is 1. The molecule has 1 saturated heterocycles. The standard InChI is InChI=1S/C22H24N4O4S/c1-29-16-7-8-17-19(14-16)31-21(23-17)25-20(27)18(13-15-5-3-2-4-6-15)24-22(28)26-9-11-30-12-10-26/h2-8,14,18H,9-13H2,1H3,(H,24,28)(H,23,25,27). The zero-order valence-corrected chi connectivity index (χ0v) is 18.0. The Morgan fingerprint density at radius 3 is 2.71 bits per heavy atom. The zero-order valence-electron chi connectivity index (χ0n) is 17.2. The summed E-state index contributed by atoms with van der Waals surface area (Å²) in [4.78, 5) is 32.0. The van der Waals surface area contributed by atoms with E-state index in [1.54, 1.807) is 12.0 Å². The van der Waals surface area contributed by atoms with Crippen LogP contribution in [0.2, 0.25) is 0 Å². The molecule has 1 aliphatic heterocycles. The molecule has 1 aromatic heterocycles. The molecule has 3 amide bonds. The minimum Gasteiger partial charge on any atom is -0.497 e. The van der Waals surface area contributed by atoms with Gasteiger partial charge in [0, 0.05) is 19.5 Å². The van der Waals surface area contributed by atoms with Crippen molar-refractivity contribution in [2.45, 2.75) is 12.5 Å². The fourth-order valence-electron chi connectivity index (χ4n) is 3.34. The second-order valence-electron chi connectivity index (χ2n) is 7.13. The van der Waals surface area contributed by atoms with E-state index in [1.807, 2.05) is 48.5 Å². The highest BCUT2D eigenvalue weighted by atomic mass is 32.1. The van der Waals surface area contributed by atoms with Crippen LogP contribution in [0.15, 0.2) is 48.5 Å². The first-order valence-electron chi connectivity index (χ1n) is 10.0. The van der Waals surface area contributed by atoms with Gasteiger partial charge in [0.2, 0.25) is 5.91 Å². The largest absolute Gasteiger partial charge is 0.497 e. The zero-order chi connectivity index (χ0) is 21.6. The van der Waals surface area contributed by atoms with Gasteiger partial charge in [-0.05, 0) is 23.8 Å². The highest BCUT2D eigenvalue weighted by Gasteiger charge is 2.26. The third-order valence-corrected chi connectivity index (χ3v) is 5.95. The Morgan fingerprint density at radius 2 is 1.97 bits per heavy atom. The van der Waals surface area contributed by atoms with Crippen molar-refractivity contribution in [2.24, 2.45) is 0 Å². The summed E-state index contributed by atoms with van der Waals surface area (Å²) in [6, 6.07) is 14.2. The van der Waals surface area contributed by atoms with Gasteiger partial charge in [-0.3, -0.25) is 4.79 Å². The van der Waals surface area contributed by atoms with Gasteiger partial charge < -0.3 is 25.0 Å². The van der Waals surface area contributed by atoms with Crippen molar-refractivity contribution in [2.75, 3.05) is 38.7 Å². The van der Waals surface area contributed by atoms with Crippen molar-refractivity contribution in [3.63, 3.8) is 0 Å². The molecule has 1 aliphatic rings. The minimum absolute atomic E-state index is 0.270. The molecule has 0 bridgehead atoms. The number of amides is 3. The Bertz CT molecular complexity index is 1050. The lowest BCUT2D eigenvalue weighted by atomic mass is 10.1. The topological polar surface area (TPSA) is 92.8 Å². The van der Waals surface area contributed by atoms with Gasteiger partial charge in [0.1, 0.15) is 11.8 Å². The number of urea groups is 1. The number of anilines is 1. The Balaban J connectivity index is 1.50. The first-order valence-corrected chi connectivity index (χ1v) is 10.9. The molecule has 2 N–H and O–H groups in total. The van der Waals surface area contributed by atoms with Crippen LogP contribution >= 0.6 is 11.3 Å². The second kappa shape index (κ2) is 9.76. The van der Waals surface area contributed by atoms with E-state index in [0.717, 1.165) is 21.5 Å². The molecule has 0 aliphatic carbocycles. The number of nitrogens with one attached hydrogen (secondary N) is 2. The molecule has 8 nitrogen and oxygen atoms in total. The summed E-state index contributed by atoms with van der Waals surface area (Å²) in [6.07, 6.45) is 0.376. The number of hydrogen-bond acceptors (Lipinski definition) is 6. The summed E-state index contributed by atoms with van der Waals surface area (Å²) >= 11 is 1.36. The van der Waals surface area contributed by atoms with Crippen LogP contribution in [0.3, 0.4) is 0 Å². The number of carbonyl (C=O) groups excluding carboxylic acids is 2. The fraction of sp³-hybridized carbons (Fsp3) is 0.318. The number of hydrogen-bond donors (Lipinski definition) is 2. The third-order valence-electron chi connectivity index (χ3n) is 5.02. The summed E-state index contributed by atoms with van der Waals surface area (Å²) < 4.78 is 11.5. The van der Waals surface area contributed by atoms with Gasteiger partial charge in [-0.2, -0.15) is 0 Å². The maximum Gasteiger partial charge on any atom is 0.318 e. The van der Waals surface area contributed by atoms with Crippen molar-refractivity contribution < 1.29 is 19.1 Å². The highest BCUT2D eigenvalue weighted by Crippen LogP contribution is 2.29. The molecule has 31 heavy (non-hydrogen) atoms. The Hall–Kier alpha value is -3.17. The highest BCUT2D eigenvalue weighted by molar-refractivity contribution is 7.22. The second-order valence-corrected chi connectivity index (χ2v) is 8.16. The van der Waals surface area contributed by atoms with E-state index >= 15 is 0 Å². The first kappa shape index (κ1) is 21.1. The molecule has 0 spiro atoms. The number of rotatable bonds is 6. The van der Waals surface area contributed by atoms with Crippen LogP contribution in [0.25, 0.3) is 10.2 Å². The van der Waals surface area contributed by atoms with E-state index in [1.165, 1.54) is 11.3 Å². The molecule has 2 aromatic carbocycles. The number of benzene rings is 2. The SMILES string of the molecule is COc1ccc2nc(NC(=O)C(Cc3ccccc3)NC(=O)N3CCOCC3)sc2c1. The van der Waals surface area contributed by atoms with Gasteiger partial charge in [0.15, 0.2) is 5.13 Å². The summed E-state index contributed by atoms with van der Waals surface area (Å²) in [5, 5.41) is 6.23. The van der Waals surface area contributed by atoms with E-state index in [2.05, 4.69) is 15.6 Å². The van der Waals surface area contributed by atoms with Crippen molar-refractivity contribution in [3.8, 4) is 5.75 Å². The summed E-state index contributed by atoms with van der Waals surface area (Å²) in [5.74, 6) is 0.422. The van der Waals surface area contributed by atoms with Gasteiger partial charge in [0.05, 0.1) is 30.5 Å². The summed E-state index contributed by atoms with van der Waals surface area (Å²) in [6.45, 7) is 2.01. The average molecular weight is 441 g/mol. The van der Waals surface area contributed by atoms with Crippen molar-refractivity contribution in [1.82, 2.24) is 15.2 Å². The van der Waals surface area contributed by atoms with Crippen molar-refractivity contribution >= 4 is 38.6 Å².